The number of methoxy groups -OCH3 is 1. The first-order chi connectivity index (χ1) is 10.2. The van der Waals surface area contributed by atoms with E-state index in [-0.39, 0.29) is 0 Å². The second-order valence-corrected chi connectivity index (χ2v) is 4.76. The molecule has 1 aromatic carbocycles. The van der Waals surface area contributed by atoms with Crippen molar-refractivity contribution in [2.45, 2.75) is 12.8 Å². The molecule has 0 atom stereocenters. The second kappa shape index (κ2) is 6.25. The van der Waals surface area contributed by atoms with E-state index in [0.717, 1.165) is 0 Å². The Morgan fingerprint density at radius 3 is 2.67 bits per heavy atom. The van der Waals surface area contributed by atoms with Gasteiger partial charge < -0.3 is 14.8 Å². The van der Waals surface area contributed by atoms with E-state index < -0.39 is 11.3 Å². The Balaban J connectivity index is 2.32. The molecule has 21 heavy (non-hydrogen) atoms. The van der Waals surface area contributed by atoms with Gasteiger partial charge >= 0.3 is 0 Å². The van der Waals surface area contributed by atoms with E-state index in [2.05, 4.69) is 11.4 Å². The van der Waals surface area contributed by atoms with E-state index >= 15 is 0 Å². The maximum atomic E-state index is 12.5. The van der Waals surface area contributed by atoms with Crippen LogP contribution in [0.3, 0.4) is 0 Å². The highest BCUT2D eigenvalue weighted by Crippen LogP contribution is 2.34. The zero-order valence-electron chi connectivity index (χ0n) is 11.7. The number of nitrogens with zero attached hydrogens (tertiary/aromatic N) is 2. The average molecular weight is 285 g/mol. The van der Waals surface area contributed by atoms with Crippen molar-refractivity contribution in [3.63, 3.8) is 0 Å². The highest BCUT2D eigenvalue weighted by atomic mass is 16.5. The fraction of sp³-hybridized carbons (Fsp3) is 0.400. The predicted octanol–water partition coefficient (Wildman–Crippen LogP) is 1.83. The minimum atomic E-state index is -1.12. The average Bonchev–Trinajstić information content (AvgIpc) is 2.55. The summed E-state index contributed by atoms with van der Waals surface area (Å²) in [5, 5.41) is 21.2. The zero-order chi connectivity index (χ0) is 15.3. The molecule has 108 valence electrons. The van der Waals surface area contributed by atoms with Crippen LogP contribution in [-0.4, -0.2) is 26.2 Å². The highest BCUT2D eigenvalue weighted by Gasteiger charge is 2.41. The Kier molecular flexibility index (Phi) is 4.42. The number of carbonyl (C=O) groups is 1. The van der Waals surface area contributed by atoms with Crippen molar-refractivity contribution in [2.24, 2.45) is 5.41 Å². The van der Waals surface area contributed by atoms with Gasteiger partial charge in [-0.2, -0.15) is 10.5 Å². The number of ether oxygens (including phenoxy) is 2. The number of hydrogen-bond acceptors (Lipinski definition) is 5. The third kappa shape index (κ3) is 2.81. The first-order valence-electron chi connectivity index (χ1n) is 6.54. The molecule has 1 N–H and O–H groups in total. The monoisotopic (exact) mass is 285 g/mol. The summed E-state index contributed by atoms with van der Waals surface area (Å²) in [6.45, 7) is 0.746. The number of amides is 1. The number of nitriles is 2. The molecule has 1 saturated heterocycles. The van der Waals surface area contributed by atoms with Crippen LogP contribution in [-0.2, 0) is 9.53 Å². The van der Waals surface area contributed by atoms with Crippen molar-refractivity contribution in [1.29, 1.82) is 10.5 Å². The van der Waals surface area contributed by atoms with Gasteiger partial charge in [0.15, 0.2) is 0 Å². The van der Waals surface area contributed by atoms with Gasteiger partial charge in [0, 0.05) is 13.2 Å². The minimum absolute atomic E-state index is 0.294. The Hall–Kier alpha value is -2.57. The van der Waals surface area contributed by atoms with Gasteiger partial charge in [0.2, 0.25) is 5.91 Å². The largest absolute Gasteiger partial charge is 0.495 e. The zero-order valence-corrected chi connectivity index (χ0v) is 11.7. The van der Waals surface area contributed by atoms with E-state index in [1.165, 1.54) is 7.11 Å². The van der Waals surface area contributed by atoms with Crippen LogP contribution in [0.25, 0.3) is 0 Å². The maximum Gasteiger partial charge on any atom is 0.245 e. The summed E-state index contributed by atoms with van der Waals surface area (Å²) in [6.07, 6.45) is 0.679. The van der Waals surface area contributed by atoms with E-state index in [9.17, 15) is 10.1 Å². The minimum Gasteiger partial charge on any atom is -0.495 e. The number of rotatable bonds is 3. The molecular weight excluding hydrogens is 270 g/mol. The highest BCUT2D eigenvalue weighted by molar-refractivity contribution is 5.99. The predicted molar refractivity (Wildman–Crippen MR) is 74.4 cm³/mol. The molecule has 0 spiro atoms. The van der Waals surface area contributed by atoms with Crippen LogP contribution in [0.4, 0.5) is 5.69 Å². The summed E-state index contributed by atoms with van der Waals surface area (Å²) in [7, 11) is 1.46. The summed E-state index contributed by atoms with van der Waals surface area (Å²) >= 11 is 0. The number of benzene rings is 1. The summed E-state index contributed by atoms with van der Waals surface area (Å²) in [5.74, 6) is -0.0307. The number of para-hydroxylation sites is 1. The molecule has 0 unspecified atom stereocenters. The first kappa shape index (κ1) is 14.8. The molecule has 6 heteroatoms. The molecule has 0 bridgehead atoms. The first-order valence-corrected chi connectivity index (χ1v) is 6.54. The van der Waals surface area contributed by atoms with Gasteiger partial charge in [-0.3, -0.25) is 4.79 Å². The summed E-state index contributed by atoms with van der Waals surface area (Å²) in [4.78, 5) is 12.5. The van der Waals surface area contributed by atoms with Crippen molar-refractivity contribution >= 4 is 11.6 Å². The van der Waals surface area contributed by atoms with Crippen LogP contribution in [0.2, 0.25) is 0 Å². The molecular formula is C15H15N3O3. The van der Waals surface area contributed by atoms with Gasteiger partial charge in [-0.25, -0.2) is 0 Å². The van der Waals surface area contributed by atoms with Crippen molar-refractivity contribution in [1.82, 2.24) is 0 Å². The lowest BCUT2D eigenvalue weighted by Gasteiger charge is -2.29. The number of carbonyl (C=O) groups excluding carboxylic acids is 1. The van der Waals surface area contributed by atoms with Crippen LogP contribution in [0.15, 0.2) is 18.2 Å². The molecule has 6 nitrogen and oxygen atoms in total. The van der Waals surface area contributed by atoms with Crippen LogP contribution < -0.4 is 10.1 Å². The molecule has 0 aliphatic carbocycles. The fourth-order valence-corrected chi connectivity index (χ4v) is 2.27. The van der Waals surface area contributed by atoms with Crippen molar-refractivity contribution in [3.05, 3.63) is 23.8 Å². The maximum absolute atomic E-state index is 12.5. The summed E-state index contributed by atoms with van der Waals surface area (Å²) < 4.78 is 10.4. The lowest BCUT2D eigenvalue weighted by molar-refractivity contribution is -0.126. The van der Waals surface area contributed by atoms with Crippen LogP contribution in [0.5, 0.6) is 5.75 Å². The van der Waals surface area contributed by atoms with Gasteiger partial charge in [0.05, 0.1) is 18.7 Å². The quantitative estimate of drug-likeness (QED) is 0.914. The van der Waals surface area contributed by atoms with E-state index in [4.69, 9.17) is 14.7 Å². The third-order valence-corrected chi connectivity index (χ3v) is 3.60. The van der Waals surface area contributed by atoms with Crippen LogP contribution in [0, 0.1) is 28.1 Å². The Morgan fingerprint density at radius 1 is 1.38 bits per heavy atom. The topological polar surface area (TPSA) is 95.1 Å². The van der Waals surface area contributed by atoms with Crippen LogP contribution in [0.1, 0.15) is 18.4 Å². The van der Waals surface area contributed by atoms with Crippen LogP contribution >= 0.6 is 0 Å². The lowest BCUT2D eigenvalue weighted by Crippen LogP contribution is -2.40. The molecule has 1 aromatic rings. The van der Waals surface area contributed by atoms with Crippen molar-refractivity contribution < 1.29 is 14.3 Å². The Morgan fingerprint density at radius 2 is 2.10 bits per heavy atom. The van der Waals surface area contributed by atoms with E-state index in [0.29, 0.717) is 43.1 Å². The van der Waals surface area contributed by atoms with E-state index in [1.54, 1.807) is 18.2 Å². The molecule has 1 fully saturated rings. The molecule has 0 aromatic heterocycles. The Labute approximate surface area is 122 Å². The SMILES string of the molecule is COc1cccc(C#N)c1NC(=O)C1(C#N)CCOCC1. The number of hydrogen-bond donors (Lipinski definition) is 1. The molecule has 0 saturated carbocycles. The van der Waals surface area contributed by atoms with Crippen molar-refractivity contribution in [3.8, 4) is 17.9 Å². The smallest absolute Gasteiger partial charge is 0.245 e. The summed E-state index contributed by atoms with van der Waals surface area (Å²) in [6, 6.07) is 9.01. The van der Waals surface area contributed by atoms with Gasteiger partial charge in [-0.15, -0.1) is 0 Å². The number of nitrogens with one attached hydrogen (secondary N) is 1. The van der Waals surface area contributed by atoms with Gasteiger partial charge in [0.1, 0.15) is 22.9 Å². The molecule has 0 radical (unpaired) electrons. The number of anilines is 1. The standard InChI is InChI=1S/C15H15N3O3/c1-20-12-4-2-3-11(9-16)13(12)18-14(19)15(10-17)5-7-21-8-6-15/h2-4H,5-8H2,1H3,(H,18,19). The van der Waals surface area contributed by atoms with Gasteiger partial charge in [-0.1, -0.05) is 6.07 Å². The Bertz CT molecular complexity index is 622. The third-order valence-electron chi connectivity index (χ3n) is 3.60. The lowest BCUT2D eigenvalue weighted by atomic mass is 9.80. The fourth-order valence-electron chi connectivity index (χ4n) is 2.27. The molecule has 1 aliphatic rings. The normalized spacial score (nSPS) is 16.3. The second-order valence-electron chi connectivity index (χ2n) is 4.76. The molecule has 1 heterocycles. The molecule has 1 amide bonds. The molecule has 1 aliphatic heterocycles. The molecule has 2 rings (SSSR count). The van der Waals surface area contributed by atoms with Gasteiger partial charge in [-0.05, 0) is 25.0 Å². The van der Waals surface area contributed by atoms with Gasteiger partial charge in [0.25, 0.3) is 0 Å². The van der Waals surface area contributed by atoms with Crippen molar-refractivity contribution in [2.75, 3.05) is 25.6 Å². The summed E-state index contributed by atoms with van der Waals surface area (Å²) in [5.41, 5.74) is -0.525. The van der Waals surface area contributed by atoms with E-state index in [1.807, 2.05) is 6.07 Å².